The first-order chi connectivity index (χ1) is 12.3. The number of hydrogen-bond acceptors (Lipinski definition) is 3. The van der Waals surface area contributed by atoms with Crippen LogP contribution in [0.15, 0.2) is 18.2 Å². The zero-order chi connectivity index (χ0) is 19.3. The summed E-state index contributed by atoms with van der Waals surface area (Å²) in [7, 11) is 0. The Morgan fingerprint density at radius 3 is 2.50 bits per heavy atom. The highest BCUT2D eigenvalue weighted by Crippen LogP contribution is 2.29. The van der Waals surface area contributed by atoms with Gasteiger partial charge < -0.3 is 15.5 Å². The average Bonchev–Trinajstić information content (AvgIpc) is 3.15. The van der Waals surface area contributed by atoms with Crippen LogP contribution in [0.3, 0.4) is 0 Å². The third kappa shape index (κ3) is 4.91. The minimum atomic E-state index is -0.672. The molecule has 0 aromatic heterocycles. The van der Waals surface area contributed by atoms with Gasteiger partial charge in [0.1, 0.15) is 0 Å². The lowest BCUT2D eigenvalue weighted by molar-refractivity contribution is -0.122. The topological polar surface area (TPSA) is 61.4 Å². The maximum Gasteiger partial charge on any atom is 0.253 e. The Bertz CT molecular complexity index is 654. The molecule has 26 heavy (non-hydrogen) atoms. The van der Waals surface area contributed by atoms with Crippen LogP contribution in [0.1, 0.15) is 57.3 Å². The molecular formula is C20H30ClN3O2. The van der Waals surface area contributed by atoms with E-state index in [0.717, 1.165) is 38.0 Å². The zero-order valence-corrected chi connectivity index (χ0v) is 16.9. The maximum absolute atomic E-state index is 12.8. The molecule has 1 aliphatic heterocycles. The van der Waals surface area contributed by atoms with E-state index in [0.29, 0.717) is 11.3 Å². The number of carbonyl (C=O) groups excluding carboxylic acids is 2. The van der Waals surface area contributed by atoms with Crippen LogP contribution < -0.4 is 15.5 Å². The second-order valence-electron chi connectivity index (χ2n) is 7.68. The summed E-state index contributed by atoms with van der Waals surface area (Å²) in [6, 6.07) is 5.66. The molecule has 1 aromatic carbocycles. The number of alkyl halides is 1. The molecule has 1 aromatic rings. The van der Waals surface area contributed by atoms with Crippen LogP contribution in [0.25, 0.3) is 0 Å². The van der Waals surface area contributed by atoms with Crippen molar-refractivity contribution in [2.24, 2.45) is 5.41 Å². The Hall–Kier alpha value is -1.75. The van der Waals surface area contributed by atoms with E-state index >= 15 is 0 Å². The minimum absolute atomic E-state index is 0.0994. The van der Waals surface area contributed by atoms with E-state index in [1.165, 1.54) is 0 Å². The van der Waals surface area contributed by atoms with E-state index in [4.69, 9.17) is 11.6 Å². The van der Waals surface area contributed by atoms with Crippen molar-refractivity contribution in [1.29, 1.82) is 0 Å². The highest BCUT2D eigenvalue weighted by atomic mass is 35.5. The molecule has 1 heterocycles. The molecule has 0 radical (unpaired) electrons. The van der Waals surface area contributed by atoms with E-state index in [-0.39, 0.29) is 23.7 Å². The van der Waals surface area contributed by atoms with Crippen LogP contribution in [0.5, 0.6) is 0 Å². The Kier molecular flexibility index (Phi) is 6.93. The van der Waals surface area contributed by atoms with Gasteiger partial charge in [0, 0.05) is 36.4 Å². The van der Waals surface area contributed by atoms with Crippen molar-refractivity contribution in [2.75, 3.05) is 29.2 Å². The summed E-state index contributed by atoms with van der Waals surface area (Å²) in [6.45, 7) is 9.53. The first-order valence-electron chi connectivity index (χ1n) is 9.35. The standard InChI is InChI=1S/C20H30ClN3O2/c1-5-14(2)22-18(25)16-12-15(23-19(26)20(3,4)13-21)8-9-17(16)24-10-6-7-11-24/h8-9,12,14H,5-7,10-11,13H2,1-4H3,(H,22,25)(H,23,26)/t14-/m0/s1. The molecule has 2 amide bonds. The summed E-state index contributed by atoms with van der Waals surface area (Å²) in [5.41, 5.74) is 1.48. The molecule has 1 saturated heterocycles. The molecular weight excluding hydrogens is 350 g/mol. The van der Waals surface area contributed by atoms with Crippen LogP contribution in [0, 0.1) is 5.41 Å². The highest BCUT2D eigenvalue weighted by Gasteiger charge is 2.27. The van der Waals surface area contributed by atoms with Gasteiger partial charge in [-0.25, -0.2) is 0 Å². The molecule has 1 atom stereocenters. The smallest absolute Gasteiger partial charge is 0.253 e. The third-order valence-corrected chi connectivity index (χ3v) is 5.55. The van der Waals surface area contributed by atoms with Crippen molar-refractivity contribution in [1.82, 2.24) is 5.32 Å². The Labute approximate surface area is 161 Å². The van der Waals surface area contributed by atoms with E-state index in [2.05, 4.69) is 15.5 Å². The number of nitrogens with one attached hydrogen (secondary N) is 2. The van der Waals surface area contributed by atoms with Crippen LogP contribution in [-0.4, -0.2) is 36.8 Å². The van der Waals surface area contributed by atoms with Gasteiger partial charge in [-0.3, -0.25) is 9.59 Å². The minimum Gasteiger partial charge on any atom is -0.371 e. The molecule has 0 saturated carbocycles. The molecule has 0 aliphatic carbocycles. The van der Waals surface area contributed by atoms with Crippen molar-refractivity contribution >= 4 is 34.8 Å². The number of nitrogens with zero attached hydrogens (tertiary/aromatic N) is 1. The molecule has 2 N–H and O–H groups in total. The molecule has 0 spiro atoms. The Morgan fingerprint density at radius 1 is 1.27 bits per heavy atom. The molecule has 0 unspecified atom stereocenters. The van der Waals surface area contributed by atoms with Crippen LogP contribution in [0.4, 0.5) is 11.4 Å². The summed E-state index contributed by atoms with van der Waals surface area (Å²) >= 11 is 5.89. The Morgan fingerprint density at radius 2 is 1.92 bits per heavy atom. The second-order valence-corrected chi connectivity index (χ2v) is 7.95. The maximum atomic E-state index is 12.8. The SMILES string of the molecule is CC[C@H](C)NC(=O)c1cc(NC(=O)C(C)(C)CCl)ccc1N1CCCC1. The molecule has 1 fully saturated rings. The monoisotopic (exact) mass is 379 g/mol. The van der Waals surface area contributed by atoms with Gasteiger partial charge in [0.2, 0.25) is 5.91 Å². The number of rotatable bonds is 7. The molecule has 5 nitrogen and oxygen atoms in total. The lowest BCUT2D eigenvalue weighted by atomic mass is 9.95. The number of carbonyl (C=O) groups is 2. The fourth-order valence-corrected chi connectivity index (χ4v) is 2.92. The fourth-order valence-electron chi connectivity index (χ4n) is 2.79. The summed E-state index contributed by atoms with van der Waals surface area (Å²) < 4.78 is 0. The van der Waals surface area contributed by atoms with Gasteiger partial charge in [-0.2, -0.15) is 0 Å². The lowest BCUT2D eigenvalue weighted by Crippen LogP contribution is -2.34. The molecule has 2 rings (SSSR count). The van der Waals surface area contributed by atoms with Crippen molar-refractivity contribution < 1.29 is 9.59 Å². The van der Waals surface area contributed by atoms with Gasteiger partial charge in [0.25, 0.3) is 5.91 Å². The molecule has 0 bridgehead atoms. The summed E-state index contributed by atoms with van der Waals surface area (Å²) in [6.07, 6.45) is 3.13. The average molecular weight is 380 g/mol. The van der Waals surface area contributed by atoms with Crippen LogP contribution >= 0.6 is 11.6 Å². The van der Waals surface area contributed by atoms with Crippen molar-refractivity contribution in [3.8, 4) is 0 Å². The zero-order valence-electron chi connectivity index (χ0n) is 16.2. The van der Waals surface area contributed by atoms with Crippen molar-refractivity contribution in [2.45, 2.75) is 53.0 Å². The number of anilines is 2. The first-order valence-corrected chi connectivity index (χ1v) is 9.89. The summed E-state index contributed by atoms with van der Waals surface area (Å²) in [5, 5.41) is 5.92. The van der Waals surface area contributed by atoms with Gasteiger partial charge in [0.05, 0.1) is 11.0 Å². The molecule has 144 valence electrons. The number of benzene rings is 1. The van der Waals surface area contributed by atoms with Gasteiger partial charge in [-0.1, -0.05) is 6.92 Å². The highest BCUT2D eigenvalue weighted by molar-refractivity contribution is 6.20. The first kappa shape index (κ1) is 20.6. The molecule has 1 aliphatic rings. The fraction of sp³-hybridized carbons (Fsp3) is 0.600. The van der Waals surface area contributed by atoms with Gasteiger partial charge in [-0.15, -0.1) is 11.6 Å². The second kappa shape index (κ2) is 8.76. The van der Waals surface area contributed by atoms with E-state index < -0.39 is 5.41 Å². The number of halogens is 1. The van der Waals surface area contributed by atoms with E-state index in [1.54, 1.807) is 19.9 Å². The Balaban J connectivity index is 2.30. The molecule has 6 heteroatoms. The lowest BCUT2D eigenvalue weighted by Gasteiger charge is -2.24. The van der Waals surface area contributed by atoms with Gasteiger partial charge in [0.15, 0.2) is 0 Å². The van der Waals surface area contributed by atoms with E-state index in [1.807, 2.05) is 26.0 Å². The van der Waals surface area contributed by atoms with Crippen molar-refractivity contribution in [3.05, 3.63) is 23.8 Å². The van der Waals surface area contributed by atoms with Gasteiger partial charge in [-0.05, 0) is 58.2 Å². The quantitative estimate of drug-likeness (QED) is 0.703. The van der Waals surface area contributed by atoms with Gasteiger partial charge >= 0.3 is 0 Å². The third-order valence-electron chi connectivity index (χ3n) is 4.88. The van der Waals surface area contributed by atoms with Crippen LogP contribution in [-0.2, 0) is 4.79 Å². The summed E-state index contributed by atoms with van der Waals surface area (Å²) in [4.78, 5) is 27.5. The normalized spacial score (nSPS) is 15.7. The predicted octanol–water partition coefficient (Wildman–Crippen LogP) is 4.02. The van der Waals surface area contributed by atoms with Crippen LogP contribution in [0.2, 0.25) is 0 Å². The van der Waals surface area contributed by atoms with Crippen molar-refractivity contribution in [3.63, 3.8) is 0 Å². The van der Waals surface area contributed by atoms with E-state index in [9.17, 15) is 9.59 Å². The predicted molar refractivity (Wildman–Crippen MR) is 108 cm³/mol. The largest absolute Gasteiger partial charge is 0.371 e. The number of hydrogen-bond donors (Lipinski definition) is 2. The summed E-state index contributed by atoms with van der Waals surface area (Å²) in [5.74, 6) is -0.0323. The number of amides is 2.